The van der Waals surface area contributed by atoms with Gasteiger partial charge in [-0.2, -0.15) is 0 Å². The molecule has 0 saturated carbocycles. The molecule has 4 heteroatoms. The average molecular weight is 249 g/mol. The number of rotatable bonds is 5. The van der Waals surface area contributed by atoms with Gasteiger partial charge in [-0.1, -0.05) is 6.92 Å². The predicted molar refractivity (Wildman–Crippen MR) is 71.9 cm³/mol. The molecule has 1 aromatic heterocycles. The zero-order valence-electron chi connectivity index (χ0n) is 11.6. The molecule has 1 aromatic rings. The van der Waals surface area contributed by atoms with Crippen molar-refractivity contribution in [1.29, 1.82) is 0 Å². The van der Waals surface area contributed by atoms with Gasteiger partial charge in [0, 0.05) is 23.9 Å². The molecule has 1 saturated heterocycles. The fraction of sp³-hybridized carbons (Fsp3) is 0.714. The first kappa shape index (κ1) is 13.4. The number of nitrogens with one attached hydrogen (secondary N) is 1. The molecule has 1 unspecified atom stereocenters. The van der Waals surface area contributed by atoms with Crippen LogP contribution < -0.4 is 5.32 Å². The second-order valence-electron chi connectivity index (χ2n) is 4.90. The molecule has 1 aliphatic rings. The molecular weight excluding hydrogens is 226 g/mol. The largest absolute Gasteiger partial charge is 0.381 e. The SMILES string of the molecule is CCNCCc1c(C)nc(C2CCOC2)nc1C. The van der Waals surface area contributed by atoms with Crippen molar-refractivity contribution >= 4 is 0 Å². The van der Waals surface area contributed by atoms with Crippen LogP contribution in [0.5, 0.6) is 0 Å². The van der Waals surface area contributed by atoms with E-state index in [-0.39, 0.29) is 0 Å². The van der Waals surface area contributed by atoms with Crippen LogP contribution in [-0.2, 0) is 11.2 Å². The summed E-state index contributed by atoms with van der Waals surface area (Å²) in [5, 5.41) is 3.35. The van der Waals surface area contributed by atoms with Crippen LogP contribution in [0.3, 0.4) is 0 Å². The van der Waals surface area contributed by atoms with E-state index in [0.29, 0.717) is 5.92 Å². The molecule has 4 nitrogen and oxygen atoms in total. The Morgan fingerprint density at radius 1 is 1.28 bits per heavy atom. The summed E-state index contributed by atoms with van der Waals surface area (Å²) >= 11 is 0. The molecule has 1 fully saturated rings. The maximum atomic E-state index is 5.41. The molecule has 1 N–H and O–H groups in total. The van der Waals surface area contributed by atoms with Crippen LogP contribution in [-0.4, -0.2) is 36.3 Å². The summed E-state index contributed by atoms with van der Waals surface area (Å²) in [4.78, 5) is 9.35. The van der Waals surface area contributed by atoms with Crippen molar-refractivity contribution in [2.75, 3.05) is 26.3 Å². The summed E-state index contributed by atoms with van der Waals surface area (Å²) in [6.07, 6.45) is 2.06. The van der Waals surface area contributed by atoms with E-state index in [9.17, 15) is 0 Å². The van der Waals surface area contributed by atoms with E-state index in [2.05, 4.69) is 36.1 Å². The molecule has 18 heavy (non-hydrogen) atoms. The van der Waals surface area contributed by atoms with Gasteiger partial charge >= 0.3 is 0 Å². The highest BCUT2D eigenvalue weighted by Gasteiger charge is 2.21. The highest BCUT2D eigenvalue weighted by molar-refractivity contribution is 5.25. The molecule has 0 spiro atoms. The van der Waals surface area contributed by atoms with Crippen LogP contribution >= 0.6 is 0 Å². The van der Waals surface area contributed by atoms with Crippen LogP contribution in [0.2, 0.25) is 0 Å². The number of aryl methyl sites for hydroxylation is 2. The van der Waals surface area contributed by atoms with Crippen molar-refractivity contribution in [1.82, 2.24) is 15.3 Å². The van der Waals surface area contributed by atoms with E-state index in [1.54, 1.807) is 0 Å². The van der Waals surface area contributed by atoms with E-state index in [4.69, 9.17) is 4.74 Å². The Bertz CT molecular complexity index is 377. The molecule has 2 heterocycles. The first-order valence-corrected chi connectivity index (χ1v) is 6.84. The minimum Gasteiger partial charge on any atom is -0.381 e. The number of hydrogen-bond acceptors (Lipinski definition) is 4. The zero-order chi connectivity index (χ0) is 13.0. The number of ether oxygens (including phenoxy) is 1. The van der Waals surface area contributed by atoms with Gasteiger partial charge in [-0.3, -0.25) is 0 Å². The minimum atomic E-state index is 0.394. The monoisotopic (exact) mass is 249 g/mol. The van der Waals surface area contributed by atoms with E-state index >= 15 is 0 Å². The Kier molecular flexibility index (Phi) is 4.66. The summed E-state index contributed by atoms with van der Waals surface area (Å²) in [5.41, 5.74) is 3.54. The third kappa shape index (κ3) is 3.06. The molecule has 100 valence electrons. The highest BCUT2D eigenvalue weighted by Crippen LogP contribution is 2.23. The molecular formula is C14H23N3O. The first-order valence-electron chi connectivity index (χ1n) is 6.84. The third-order valence-corrected chi connectivity index (χ3v) is 3.53. The number of likely N-dealkylation sites (N-methyl/N-ethyl adjacent to an activating group) is 1. The standard InChI is InChI=1S/C14H23N3O/c1-4-15-7-5-13-10(2)16-14(17-11(13)3)12-6-8-18-9-12/h12,15H,4-9H2,1-3H3. The molecule has 0 aromatic carbocycles. The van der Waals surface area contributed by atoms with Crippen LogP contribution in [0, 0.1) is 13.8 Å². The Hall–Kier alpha value is -1.00. The van der Waals surface area contributed by atoms with Gasteiger partial charge in [-0.05, 0) is 45.3 Å². The molecule has 0 amide bonds. The summed E-state index contributed by atoms with van der Waals surface area (Å²) in [6, 6.07) is 0. The minimum absolute atomic E-state index is 0.394. The van der Waals surface area contributed by atoms with E-state index < -0.39 is 0 Å². The highest BCUT2D eigenvalue weighted by atomic mass is 16.5. The van der Waals surface area contributed by atoms with Gasteiger partial charge < -0.3 is 10.1 Å². The quantitative estimate of drug-likeness (QED) is 0.808. The molecule has 2 rings (SSSR count). The smallest absolute Gasteiger partial charge is 0.134 e. The van der Waals surface area contributed by atoms with Crippen molar-refractivity contribution in [3.63, 3.8) is 0 Å². The van der Waals surface area contributed by atoms with E-state index in [0.717, 1.165) is 56.4 Å². The lowest BCUT2D eigenvalue weighted by Crippen LogP contribution is -2.18. The van der Waals surface area contributed by atoms with Crippen molar-refractivity contribution in [3.8, 4) is 0 Å². The fourth-order valence-electron chi connectivity index (χ4n) is 2.44. The fourth-order valence-corrected chi connectivity index (χ4v) is 2.44. The van der Waals surface area contributed by atoms with Gasteiger partial charge in [-0.25, -0.2) is 9.97 Å². The van der Waals surface area contributed by atoms with Crippen LogP contribution in [0.4, 0.5) is 0 Å². The Morgan fingerprint density at radius 2 is 2.00 bits per heavy atom. The lowest BCUT2D eigenvalue weighted by atomic mass is 10.1. The molecule has 1 aliphatic heterocycles. The van der Waals surface area contributed by atoms with Crippen LogP contribution in [0.15, 0.2) is 0 Å². The summed E-state index contributed by atoms with van der Waals surface area (Å²) in [5.74, 6) is 1.36. The second kappa shape index (κ2) is 6.25. The van der Waals surface area contributed by atoms with Gasteiger partial charge in [0.25, 0.3) is 0 Å². The normalized spacial score (nSPS) is 19.4. The van der Waals surface area contributed by atoms with Crippen molar-refractivity contribution in [2.45, 2.75) is 39.5 Å². The summed E-state index contributed by atoms with van der Waals surface area (Å²) < 4.78 is 5.41. The van der Waals surface area contributed by atoms with Gasteiger partial charge in [0.15, 0.2) is 0 Å². The van der Waals surface area contributed by atoms with Gasteiger partial charge in [0.1, 0.15) is 5.82 Å². The van der Waals surface area contributed by atoms with Gasteiger partial charge in [0.05, 0.1) is 6.61 Å². The summed E-state index contributed by atoms with van der Waals surface area (Å²) in [7, 11) is 0. The maximum absolute atomic E-state index is 5.41. The van der Waals surface area contributed by atoms with Crippen molar-refractivity contribution in [3.05, 3.63) is 22.8 Å². The number of aromatic nitrogens is 2. The van der Waals surface area contributed by atoms with Crippen LogP contribution in [0.1, 0.15) is 42.0 Å². The summed E-state index contributed by atoms with van der Waals surface area (Å²) in [6.45, 7) is 9.93. The van der Waals surface area contributed by atoms with E-state index in [1.807, 2.05) is 0 Å². The van der Waals surface area contributed by atoms with E-state index in [1.165, 1.54) is 5.56 Å². The average Bonchev–Trinajstić information content (AvgIpc) is 2.86. The molecule has 0 radical (unpaired) electrons. The topological polar surface area (TPSA) is 47.0 Å². The van der Waals surface area contributed by atoms with Crippen molar-refractivity contribution in [2.24, 2.45) is 0 Å². The predicted octanol–water partition coefficient (Wildman–Crippen LogP) is 1.75. The number of hydrogen-bond donors (Lipinski definition) is 1. The molecule has 1 atom stereocenters. The number of nitrogens with zero attached hydrogens (tertiary/aromatic N) is 2. The van der Waals surface area contributed by atoms with Gasteiger partial charge in [0.2, 0.25) is 0 Å². The Labute approximate surface area is 109 Å². The molecule has 0 bridgehead atoms. The zero-order valence-corrected chi connectivity index (χ0v) is 11.6. The maximum Gasteiger partial charge on any atom is 0.134 e. The lowest BCUT2D eigenvalue weighted by molar-refractivity contribution is 0.193. The lowest BCUT2D eigenvalue weighted by Gasteiger charge is -2.13. The Balaban J connectivity index is 2.12. The van der Waals surface area contributed by atoms with Crippen LogP contribution in [0.25, 0.3) is 0 Å². The second-order valence-corrected chi connectivity index (χ2v) is 4.90. The van der Waals surface area contributed by atoms with Crippen molar-refractivity contribution < 1.29 is 4.74 Å². The molecule has 0 aliphatic carbocycles. The third-order valence-electron chi connectivity index (χ3n) is 3.53. The first-order chi connectivity index (χ1) is 8.72. The van der Waals surface area contributed by atoms with Gasteiger partial charge in [-0.15, -0.1) is 0 Å². The Morgan fingerprint density at radius 3 is 2.56 bits per heavy atom.